The van der Waals surface area contributed by atoms with Gasteiger partial charge in [-0.1, -0.05) is 0 Å². The van der Waals surface area contributed by atoms with Crippen molar-refractivity contribution >= 4 is 17.9 Å². The van der Waals surface area contributed by atoms with Gasteiger partial charge in [-0.2, -0.15) is 0 Å². The van der Waals surface area contributed by atoms with E-state index in [-0.39, 0.29) is 13.0 Å². The second kappa shape index (κ2) is 11.8. The first-order valence-corrected chi connectivity index (χ1v) is 8.78. The lowest BCUT2D eigenvalue weighted by Crippen LogP contribution is -2.54. The average molecular weight is 375 g/mol. The van der Waals surface area contributed by atoms with Crippen LogP contribution in [0.1, 0.15) is 46.5 Å². The van der Waals surface area contributed by atoms with E-state index in [1.165, 1.54) is 20.8 Å². The lowest BCUT2D eigenvalue weighted by molar-refractivity contribution is -0.266. The number of rotatable bonds is 10. The molecule has 1 aliphatic rings. The summed E-state index contributed by atoms with van der Waals surface area (Å²) in [4.78, 5) is 33.9. The Hall–Kier alpha value is -1.71. The molecule has 4 atom stereocenters. The molecule has 0 spiro atoms. The van der Waals surface area contributed by atoms with Gasteiger partial charge in [-0.05, 0) is 25.8 Å². The molecule has 150 valence electrons. The minimum absolute atomic E-state index is 0.141. The molecule has 1 saturated heterocycles. The zero-order valence-electron chi connectivity index (χ0n) is 15.6. The summed E-state index contributed by atoms with van der Waals surface area (Å²) >= 11 is 0. The second-order valence-electron chi connectivity index (χ2n) is 6.08. The summed E-state index contributed by atoms with van der Waals surface area (Å²) in [5.41, 5.74) is 5.45. The summed E-state index contributed by atoms with van der Waals surface area (Å²) in [6.45, 7) is 4.72. The van der Waals surface area contributed by atoms with E-state index in [1.54, 1.807) is 0 Å². The van der Waals surface area contributed by atoms with Gasteiger partial charge in [0.15, 0.2) is 12.4 Å². The van der Waals surface area contributed by atoms with Crippen molar-refractivity contribution in [3.05, 3.63) is 0 Å². The molecule has 1 rings (SSSR count). The predicted octanol–water partition coefficient (Wildman–Crippen LogP) is 0.674. The molecule has 0 radical (unpaired) electrons. The normalized spacial score (nSPS) is 25.4. The van der Waals surface area contributed by atoms with Gasteiger partial charge in [0, 0.05) is 33.8 Å². The molecular weight excluding hydrogens is 346 g/mol. The molecule has 2 N–H and O–H groups in total. The van der Waals surface area contributed by atoms with Crippen LogP contribution in [0.5, 0.6) is 0 Å². The highest BCUT2D eigenvalue weighted by Crippen LogP contribution is 2.27. The van der Waals surface area contributed by atoms with E-state index in [2.05, 4.69) is 0 Å². The van der Waals surface area contributed by atoms with Crippen LogP contribution < -0.4 is 5.73 Å². The van der Waals surface area contributed by atoms with Crippen LogP contribution in [0.3, 0.4) is 0 Å². The van der Waals surface area contributed by atoms with Crippen molar-refractivity contribution in [3.8, 4) is 0 Å². The molecule has 1 aliphatic heterocycles. The van der Waals surface area contributed by atoms with Gasteiger partial charge >= 0.3 is 17.9 Å². The third kappa shape index (κ3) is 8.59. The van der Waals surface area contributed by atoms with Crippen LogP contribution in [0.4, 0.5) is 0 Å². The van der Waals surface area contributed by atoms with Crippen molar-refractivity contribution in [2.75, 3.05) is 19.8 Å². The van der Waals surface area contributed by atoms with Gasteiger partial charge in [-0.3, -0.25) is 14.4 Å². The highest BCUT2D eigenvalue weighted by Gasteiger charge is 2.44. The highest BCUT2D eigenvalue weighted by atomic mass is 16.7. The molecule has 0 saturated carbocycles. The van der Waals surface area contributed by atoms with Crippen LogP contribution in [-0.4, -0.2) is 62.3 Å². The summed E-state index contributed by atoms with van der Waals surface area (Å²) in [5, 5.41) is 0. The molecule has 9 nitrogen and oxygen atoms in total. The fraction of sp³-hybridized carbons (Fsp3) is 0.824. The van der Waals surface area contributed by atoms with Gasteiger partial charge in [-0.25, -0.2) is 0 Å². The SMILES string of the molecule is CC(=O)OCC1OC(OCCCCCN)CC(OC(C)=O)C1OC(C)=O. The molecule has 0 aromatic carbocycles. The minimum atomic E-state index is -0.882. The molecule has 1 fully saturated rings. The molecule has 0 aromatic heterocycles. The molecule has 0 aliphatic carbocycles. The number of hydrogen-bond acceptors (Lipinski definition) is 9. The maximum absolute atomic E-state index is 11.4. The highest BCUT2D eigenvalue weighted by molar-refractivity contribution is 5.67. The number of unbranched alkanes of at least 4 members (excludes halogenated alkanes) is 2. The van der Waals surface area contributed by atoms with E-state index in [9.17, 15) is 14.4 Å². The number of hydrogen-bond donors (Lipinski definition) is 1. The number of carbonyl (C=O) groups is 3. The first-order valence-electron chi connectivity index (χ1n) is 8.78. The van der Waals surface area contributed by atoms with Crippen molar-refractivity contribution in [2.24, 2.45) is 5.73 Å². The van der Waals surface area contributed by atoms with Crippen LogP contribution >= 0.6 is 0 Å². The fourth-order valence-corrected chi connectivity index (χ4v) is 2.64. The van der Waals surface area contributed by atoms with Crippen LogP contribution in [-0.2, 0) is 38.1 Å². The van der Waals surface area contributed by atoms with Crippen molar-refractivity contribution in [1.29, 1.82) is 0 Å². The number of esters is 3. The van der Waals surface area contributed by atoms with Crippen LogP contribution in [0.2, 0.25) is 0 Å². The fourth-order valence-electron chi connectivity index (χ4n) is 2.64. The third-order valence-electron chi connectivity index (χ3n) is 3.71. The molecule has 26 heavy (non-hydrogen) atoms. The monoisotopic (exact) mass is 375 g/mol. The number of nitrogens with two attached hydrogens (primary N) is 1. The Balaban J connectivity index is 2.75. The summed E-state index contributed by atoms with van der Waals surface area (Å²) in [5.74, 6) is -1.56. The molecule has 0 bridgehead atoms. The summed E-state index contributed by atoms with van der Waals surface area (Å²) in [6, 6.07) is 0. The molecule has 9 heteroatoms. The smallest absolute Gasteiger partial charge is 0.303 e. The van der Waals surface area contributed by atoms with Gasteiger partial charge in [0.2, 0.25) is 0 Å². The number of ether oxygens (including phenoxy) is 5. The first-order chi connectivity index (χ1) is 12.3. The van der Waals surface area contributed by atoms with E-state index in [0.717, 1.165) is 19.3 Å². The van der Waals surface area contributed by atoms with E-state index in [1.807, 2.05) is 0 Å². The lowest BCUT2D eigenvalue weighted by Gasteiger charge is -2.39. The van der Waals surface area contributed by atoms with Gasteiger partial charge in [-0.15, -0.1) is 0 Å². The summed E-state index contributed by atoms with van der Waals surface area (Å²) < 4.78 is 27.0. The number of carbonyl (C=O) groups excluding carboxylic acids is 3. The first kappa shape index (κ1) is 22.3. The van der Waals surface area contributed by atoms with E-state index in [4.69, 9.17) is 29.4 Å². The predicted molar refractivity (Wildman–Crippen MR) is 89.9 cm³/mol. The standard InChI is InChI=1S/C17H29NO8/c1-11(19)23-10-15-17(25-13(3)21)14(24-12(2)20)9-16(26-15)22-8-6-4-5-7-18/h14-17H,4-10,18H2,1-3H3. The average Bonchev–Trinajstić information content (AvgIpc) is 2.54. The molecule has 1 heterocycles. The van der Waals surface area contributed by atoms with Crippen molar-refractivity contribution in [2.45, 2.75) is 71.1 Å². The summed E-state index contributed by atoms with van der Waals surface area (Å²) in [6.07, 6.45) is -0.215. The Kier molecular flexibility index (Phi) is 10.2. The van der Waals surface area contributed by atoms with Gasteiger partial charge in [0.1, 0.15) is 18.8 Å². The zero-order valence-corrected chi connectivity index (χ0v) is 15.6. The lowest BCUT2D eigenvalue weighted by atomic mass is 10.0. The zero-order chi connectivity index (χ0) is 19.5. The Bertz CT molecular complexity index is 470. The topological polar surface area (TPSA) is 123 Å². The minimum Gasteiger partial charge on any atom is -0.463 e. The largest absolute Gasteiger partial charge is 0.463 e. The maximum Gasteiger partial charge on any atom is 0.303 e. The van der Waals surface area contributed by atoms with Gasteiger partial charge in [0.05, 0.1) is 0 Å². The van der Waals surface area contributed by atoms with Crippen molar-refractivity contribution < 1.29 is 38.1 Å². The van der Waals surface area contributed by atoms with E-state index in [0.29, 0.717) is 13.2 Å². The summed E-state index contributed by atoms with van der Waals surface area (Å²) in [7, 11) is 0. The molecule has 0 amide bonds. The van der Waals surface area contributed by atoms with E-state index >= 15 is 0 Å². The Morgan fingerprint density at radius 1 is 1.00 bits per heavy atom. The van der Waals surface area contributed by atoms with Gasteiger partial charge < -0.3 is 29.4 Å². The van der Waals surface area contributed by atoms with E-state index < -0.39 is 42.5 Å². The Morgan fingerprint density at radius 3 is 2.27 bits per heavy atom. The third-order valence-corrected chi connectivity index (χ3v) is 3.71. The van der Waals surface area contributed by atoms with Crippen molar-refractivity contribution in [1.82, 2.24) is 0 Å². The maximum atomic E-state index is 11.4. The molecule has 0 aromatic rings. The van der Waals surface area contributed by atoms with Crippen LogP contribution in [0, 0.1) is 0 Å². The quantitative estimate of drug-likeness (QED) is 0.333. The molecular formula is C17H29NO8. The van der Waals surface area contributed by atoms with Gasteiger partial charge in [0.25, 0.3) is 0 Å². The molecule has 4 unspecified atom stereocenters. The Labute approximate surface area is 153 Å². The van der Waals surface area contributed by atoms with Crippen LogP contribution in [0.25, 0.3) is 0 Å². The van der Waals surface area contributed by atoms with Crippen molar-refractivity contribution in [3.63, 3.8) is 0 Å². The second-order valence-corrected chi connectivity index (χ2v) is 6.08. The Morgan fingerprint density at radius 2 is 1.69 bits per heavy atom. The van der Waals surface area contributed by atoms with Crippen LogP contribution in [0.15, 0.2) is 0 Å².